The van der Waals surface area contributed by atoms with Crippen molar-refractivity contribution in [3.05, 3.63) is 30.1 Å². The topological polar surface area (TPSA) is 55.8 Å². The molecular formula is C17H20FNO4. The monoisotopic (exact) mass is 321 g/mol. The summed E-state index contributed by atoms with van der Waals surface area (Å²) in [5, 5.41) is 0. The molecule has 0 radical (unpaired) electrons. The minimum Gasteiger partial charge on any atom is -0.493 e. The summed E-state index contributed by atoms with van der Waals surface area (Å²) in [6.45, 7) is 1.35. The van der Waals surface area contributed by atoms with Crippen LogP contribution in [0.4, 0.5) is 4.39 Å². The Hall–Kier alpha value is -2.11. The number of nitrogens with zero attached hydrogens (tertiary/aromatic N) is 1. The molecule has 1 atom stereocenters. The van der Waals surface area contributed by atoms with E-state index in [1.165, 1.54) is 12.1 Å². The Bertz CT molecular complexity index is 606. The number of piperidine rings is 1. The van der Waals surface area contributed by atoms with E-state index in [1.807, 2.05) is 0 Å². The van der Waals surface area contributed by atoms with E-state index in [-0.39, 0.29) is 30.7 Å². The summed E-state index contributed by atoms with van der Waals surface area (Å²) in [5.41, 5.74) is -0.478. The Morgan fingerprint density at radius 2 is 2.26 bits per heavy atom. The zero-order valence-electron chi connectivity index (χ0n) is 12.9. The van der Waals surface area contributed by atoms with Gasteiger partial charge in [0.2, 0.25) is 5.91 Å². The van der Waals surface area contributed by atoms with Crippen LogP contribution in [0.5, 0.6) is 5.75 Å². The van der Waals surface area contributed by atoms with Gasteiger partial charge in [-0.2, -0.15) is 0 Å². The number of halogens is 1. The molecule has 3 rings (SSSR count). The molecule has 0 N–H and O–H groups in total. The summed E-state index contributed by atoms with van der Waals surface area (Å²) >= 11 is 0. The van der Waals surface area contributed by atoms with Crippen LogP contribution in [-0.4, -0.2) is 42.1 Å². The summed E-state index contributed by atoms with van der Waals surface area (Å²) in [4.78, 5) is 25.4. The number of likely N-dealkylation sites (tertiary alicyclic amines) is 1. The van der Waals surface area contributed by atoms with Crippen LogP contribution in [0.3, 0.4) is 0 Å². The van der Waals surface area contributed by atoms with Crippen molar-refractivity contribution >= 4 is 11.9 Å². The molecular weight excluding hydrogens is 301 g/mol. The maximum Gasteiger partial charge on any atom is 0.306 e. The number of amides is 1. The summed E-state index contributed by atoms with van der Waals surface area (Å²) in [7, 11) is 0. The Kier molecular flexibility index (Phi) is 4.50. The molecule has 2 heterocycles. The summed E-state index contributed by atoms with van der Waals surface area (Å²) in [5.74, 6) is -0.148. The quantitative estimate of drug-likeness (QED) is 0.799. The standard InChI is InChI=1S/C17H20FNO4/c18-13-3-1-4-14(11-13)22-10-6-15(20)19-9-2-7-17(12-19)8-5-16(21)23-17/h1,3-4,11H,2,5-10,12H2. The van der Waals surface area contributed by atoms with Gasteiger partial charge in [-0.15, -0.1) is 0 Å². The zero-order chi connectivity index (χ0) is 16.3. The lowest BCUT2D eigenvalue weighted by Gasteiger charge is -2.39. The molecule has 1 aromatic rings. The molecule has 5 nitrogen and oxygen atoms in total. The third-order valence-electron chi connectivity index (χ3n) is 4.39. The van der Waals surface area contributed by atoms with Crippen molar-refractivity contribution in [1.82, 2.24) is 4.90 Å². The highest BCUT2D eigenvalue weighted by molar-refractivity contribution is 5.77. The first kappa shape index (κ1) is 15.8. The number of ether oxygens (including phenoxy) is 2. The van der Waals surface area contributed by atoms with Crippen LogP contribution >= 0.6 is 0 Å². The molecule has 2 aliphatic heterocycles. The van der Waals surface area contributed by atoms with Crippen LogP contribution in [0.15, 0.2) is 24.3 Å². The molecule has 1 aromatic carbocycles. The highest BCUT2D eigenvalue weighted by Gasteiger charge is 2.44. The zero-order valence-corrected chi connectivity index (χ0v) is 12.9. The van der Waals surface area contributed by atoms with Gasteiger partial charge in [0.1, 0.15) is 17.2 Å². The third kappa shape index (κ3) is 3.81. The van der Waals surface area contributed by atoms with Crippen LogP contribution in [-0.2, 0) is 14.3 Å². The minimum absolute atomic E-state index is 0.0246. The first-order chi connectivity index (χ1) is 11.1. The normalized spacial score (nSPS) is 23.9. The van der Waals surface area contributed by atoms with E-state index < -0.39 is 5.60 Å². The predicted molar refractivity (Wildman–Crippen MR) is 80.4 cm³/mol. The molecule has 6 heteroatoms. The fourth-order valence-corrected chi connectivity index (χ4v) is 3.24. The van der Waals surface area contributed by atoms with Crippen LogP contribution in [0.25, 0.3) is 0 Å². The summed E-state index contributed by atoms with van der Waals surface area (Å²) in [6, 6.07) is 5.85. The van der Waals surface area contributed by atoms with Crippen molar-refractivity contribution in [1.29, 1.82) is 0 Å². The van der Waals surface area contributed by atoms with E-state index in [9.17, 15) is 14.0 Å². The number of hydrogen-bond acceptors (Lipinski definition) is 4. The Morgan fingerprint density at radius 3 is 3.00 bits per heavy atom. The van der Waals surface area contributed by atoms with E-state index in [2.05, 4.69) is 0 Å². The van der Waals surface area contributed by atoms with Crippen LogP contribution in [0, 0.1) is 5.82 Å². The van der Waals surface area contributed by atoms with Crippen molar-refractivity contribution in [2.24, 2.45) is 0 Å². The Balaban J connectivity index is 1.49. The number of esters is 1. The predicted octanol–water partition coefficient (Wildman–Crippen LogP) is 2.29. The fraction of sp³-hybridized carbons (Fsp3) is 0.529. The highest BCUT2D eigenvalue weighted by Crippen LogP contribution is 2.35. The molecule has 0 aliphatic carbocycles. The van der Waals surface area contributed by atoms with Crippen LogP contribution in [0.1, 0.15) is 32.1 Å². The van der Waals surface area contributed by atoms with Gasteiger partial charge in [0.15, 0.2) is 0 Å². The molecule has 2 aliphatic rings. The van der Waals surface area contributed by atoms with Crippen LogP contribution in [0.2, 0.25) is 0 Å². The average Bonchev–Trinajstić information content (AvgIpc) is 2.87. The van der Waals surface area contributed by atoms with E-state index in [1.54, 1.807) is 17.0 Å². The molecule has 2 saturated heterocycles. The molecule has 23 heavy (non-hydrogen) atoms. The average molecular weight is 321 g/mol. The lowest BCUT2D eigenvalue weighted by atomic mass is 9.90. The second kappa shape index (κ2) is 6.56. The smallest absolute Gasteiger partial charge is 0.306 e. The minimum atomic E-state index is -0.478. The second-order valence-corrected chi connectivity index (χ2v) is 6.13. The van der Waals surface area contributed by atoms with Crippen molar-refractivity contribution in [3.8, 4) is 5.75 Å². The molecule has 0 aromatic heterocycles. The number of carbonyl (C=O) groups is 2. The number of carbonyl (C=O) groups excluding carboxylic acids is 2. The number of hydrogen-bond donors (Lipinski definition) is 0. The van der Waals surface area contributed by atoms with Gasteiger partial charge in [-0.05, 0) is 31.4 Å². The Morgan fingerprint density at radius 1 is 1.39 bits per heavy atom. The van der Waals surface area contributed by atoms with Crippen molar-refractivity contribution in [2.75, 3.05) is 19.7 Å². The first-order valence-corrected chi connectivity index (χ1v) is 7.94. The van der Waals surface area contributed by atoms with E-state index in [0.717, 1.165) is 12.8 Å². The lowest BCUT2D eigenvalue weighted by molar-refractivity contribution is -0.157. The molecule has 0 bridgehead atoms. The van der Waals surface area contributed by atoms with Crippen LogP contribution < -0.4 is 4.74 Å². The molecule has 1 spiro atoms. The number of rotatable bonds is 4. The molecule has 2 fully saturated rings. The van der Waals surface area contributed by atoms with Gasteiger partial charge >= 0.3 is 5.97 Å². The molecule has 1 amide bonds. The lowest BCUT2D eigenvalue weighted by Crippen LogP contribution is -2.50. The van der Waals surface area contributed by atoms with Crippen molar-refractivity contribution < 1.29 is 23.5 Å². The molecule has 124 valence electrons. The van der Waals surface area contributed by atoms with Gasteiger partial charge in [0, 0.05) is 19.0 Å². The highest BCUT2D eigenvalue weighted by atomic mass is 19.1. The van der Waals surface area contributed by atoms with E-state index in [0.29, 0.717) is 31.7 Å². The largest absolute Gasteiger partial charge is 0.493 e. The van der Waals surface area contributed by atoms with E-state index >= 15 is 0 Å². The Labute approximate surface area is 134 Å². The molecule has 0 saturated carbocycles. The van der Waals surface area contributed by atoms with Gasteiger partial charge in [-0.3, -0.25) is 9.59 Å². The number of benzene rings is 1. The first-order valence-electron chi connectivity index (χ1n) is 7.94. The summed E-state index contributed by atoms with van der Waals surface area (Å²) in [6.07, 6.45) is 3.01. The SMILES string of the molecule is O=C1CCC2(CCCN(C(=O)CCOc3cccc(F)c3)C2)O1. The van der Waals surface area contributed by atoms with Gasteiger partial charge in [-0.1, -0.05) is 6.07 Å². The van der Waals surface area contributed by atoms with Crippen molar-refractivity contribution in [2.45, 2.75) is 37.7 Å². The summed E-state index contributed by atoms with van der Waals surface area (Å²) < 4.78 is 23.9. The third-order valence-corrected chi connectivity index (χ3v) is 4.39. The second-order valence-electron chi connectivity index (χ2n) is 6.13. The molecule has 1 unspecified atom stereocenters. The van der Waals surface area contributed by atoms with Gasteiger partial charge in [-0.25, -0.2) is 4.39 Å². The maximum atomic E-state index is 13.0. The van der Waals surface area contributed by atoms with Gasteiger partial charge in [0.05, 0.1) is 19.6 Å². The fourth-order valence-electron chi connectivity index (χ4n) is 3.24. The van der Waals surface area contributed by atoms with Gasteiger partial charge < -0.3 is 14.4 Å². The maximum absolute atomic E-state index is 13.0. The van der Waals surface area contributed by atoms with E-state index in [4.69, 9.17) is 9.47 Å². The van der Waals surface area contributed by atoms with Gasteiger partial charge in [0.25, 0.3) is 0 Å². The van der Waals surface area contributed by atoms with Crippen molar-refractivity contribution in [3.63, 3.8) is 0 Å².